The average molecular weight is 343 g/mol. The number of carbonyl (C=O) groups excluding carboxylic acids is 2. The zero-order chi connectivity index (χ0) is 16.4. The smallest absolute Gasteiger partial charge is 0.344 e. The molecule has 21 heavy (non-hydrogen) atoms. The molecule has 0 saturated heterocycles. The summed E-state index contributed by atoms with van der Waals surface area (Å²) in [5.74, 6) is -2.56. The summed E-state index contributed by atoms with van der Waals surface area (Å²) in [6.45, 7) is -0.107. The van der Waals surface area contributed by atoms with Crippen molar-refractivity contribution in [1.29, 1.82) is 10.8 Å². The van der Waals surface area contributed by atoms with Gasteiger partial charge in [0.1, 0.15) is 0 Å². The SMILES string of the molecule is N=C(N)NC(Cl)C(=O)OCCCOC(=O)C(Cl)NC(=N)N. The van der Waals surface area contributed by atoms with Crippen molar-refractivity contribution < 1.29 is 19.1 Å². The molecule has 0 saturated carbocycles. The van der Waals surface area contributed by atoms with Crippen LogP contribution in [0.15, 0.2) is 0 Å². The van der Waals surface area contributed by atoms with Crippen molar-refractivity contribution in [2.75, 3.05) is 13.2 Å². The largest absolute Gasteiger partial charge is 0.463 e. The van der Waals surface area contributed by atoms with Crippen molar-refractivity contribution in [2.24, 2.45) is 11.5 Å². The van der Waals surface area contributed by atoms with Crippen LogP contribution in [0, 0.1) is 10.8 Å². The Morgan fingerprint density at radius 1 is 0.952 bits per heavy atom. The molecule has 10 nitrogen and oxygen atoms in total. The van der Waals surface area contributed by atoms with Crippen LogP contribution in [-0.2, 0) is 19.1 Å². The fourth-order valence-electron chi connectivity index (χ4n) is 0.942. The number of nitrogens with two attached hydrogens (primary N) is 2. The Kier molecular flexibility index (Phi) is 8.97. The van der Waals surface area contributed by atoms with Crippen molar-refractivity contribution in [3.8, 4) is 0 Å². The summed E-state index contributed by atoms with van der Waals surface area (Å²) in [6.07, 6.45) is 0.213. The number of esters is 2. The molecule has 0 bridgehead atoms. The van der Waals surface area contributed by atoms with Gasteiger partial charge in [0.2, 0.25) is 11.0 Å². The van der Waals surface area contributed by atoms with Crippen LogP contribution >= 0.6 is 23.2 Å². The Hall–Kier alpha value is -1.94. The summed E-state index contributed by atoms with van der Waals surface area (Å²) >= 11 is 11.1. The molecule has 0 aromatic carbocycles. The summed E-state index contributed by atoms with van der Waals surface area (Å²) in [5.41, 5.74) is 7.43. The molecule has 0 fully saturated rings. The summed E-state index contributed by atoms with van der Waals surface area (Å²) in [4.78, 5) is 22.5. The van der Waals surface area contributed by atoms with Gasteiger partial charge in [0.05, 0.1) is 13.2 Å². The van der Waals surface area contributed by atoms with Crippen molar-refractivity contribution in [1.82, 2.24) is 10.6 Å². The third-order valence-corrected chi connectivity index (χ3v) is 2.33. The molecule has 0 aliphatic rings. The minimum Gasteiger partial charge on any atom is -0.463 e. The average Bonchev–Trinajstić information content (AvgIpc) is 2.36. The van der Waals surface area contributed by atoms with Crippen LogP contribution in [0.25, 0.3) is 0 Å². The van der Waals surface area contributed by atoms with E-state index in [0.717, 1.165) is 0 Å². The number of ether oxygens (including phenoxy) is 2. The number of rotatable bonds is 8. The Morgan fingerprint density at radius 3 is 1.57 bits per heavy atom. The number of halogens is 2. The maximum Gasteiger partial charge on any atom is 0.344 e. The van der Waals surface area contributed by atoms with E-state index in [9.17, 15) is 9.59 Å². The van der Waals surface area contributed by atoms with Gasteiger partial charge in [-0.3, -0.25) is 10.8 Å². The molecule has 0 radical (unpaired) electrons. The lowest BCUT2D eigenvalue weighted by molar-refractivity contribution is -0.146. The fraction of sp³-hybridized carbons (Fsp3) is 0.556. The highest BCUT2D eigenvalue weighted by molar-refractivity contribution is 6.30. The van der Waals surface area contributed by atoms with E-state index in [1.165, 1.54) is 0 Å². The molecule has 0 aliphatic heterocycles. The molecule has 0 rings (SSSR count). The van der Waals surface area contributed by atoms with E-state index in [4.69, 9.17) is 55.0 Å². The van der Waals surface area contributed by atoms with Gasteiger partial charge in [0, 0.05) is 6.42 Å². The summed E-state index contributed by atoms with van der Waals surface area (Å²) in [7, 11) is 0. The minimum atomic E-state index is -1.27. The summed E-state index contributed by atoms with van der Waals surface area (Å²) in [5, 5.41) is 18.0. The van der Waals surface area contributed by atoms with E-state index >= 15 is 0 Å². The number of alkyl halides is 2. The van der Waals surface area contributed by atoms with Gasteiger partial charge < -0.3 is 31.6 Å². The molecule has 12 heteroatoms. The highest BCUT2D eigenvalue weighted by Gasteiger charge is 2.18. The second kappa shape index (κ2) is 9.88. The van der Waals surface area contributed by atoms with Crippen LogP contribution < -0.4 is 22.1 Å². The van der Waals surface area contributed by atoms with E-state index in [0.29, 0.717) is 0 Å². The van der Waals surface area contributed by atoms with Crippen LogP contribution in [0.4, 0.5) is 0 Å². The molecule has 0 aromatic rings. The van der Waals surface area contributed by atoms with Gasteiger partial charge in [-0.15, -0.1) is 0 Å². The van der Waals surface area contributed by atoms with Crippen LogP contribution in [-0.4, -0.2) is 48.1 Å². The number of guanidine groups is 2. The number of carbonyl (C=O) groups is 2. The molecule has 120 valence electrons. The van der Waals surface area contributed by atoms with Gasteiger partial charge in [0.25, 0.3) is 0 Å². The molecular weight excluding hydrogens is 327 g/mol. The predicted octanol–water partition coefficient (Wildman–Crippen LogP) is -1.44. The highest BCUT2D eigenvalue weighted by atomic mass is 35.5. The van der Waals surface area contributed by atoms with Crippen LogP contribution in [0.5, 0.6) is 0 Å². The Morgan fingerprint density at radius 2 is 1.29 bits per heavy atom. The summed E-state index contributed by atoms with van der Waals surface area (Å²) < 4.78 is 9.46. The third kappa shape index (κ3) is 9.57. The predicted molar refractivity (Wildman–Crippen MR) is 75.9 cm³/mol. The first-order chi connectivity index (χ1) is 9.73. The van der Waals surface area contributed by atoms with Crippen molar-refractivity contribution >= 4 is 47.1 Å². The van der Waals surface area contributed by atoms with Gasteiger partial charge >= 0.3 is 11.9 Å². The van der Waals surface area contributed by atoms with E-state index < -0.39 is 34.9 Å². The monoisotopic (exact) mass is 342 g/mol. The quantitative estimate of drug-likeness (QED) is 0.0775. The lowest BCUT2D eigenvalue weighted by Crippen LogP contribution is -2.41. The first-order valence-corrected chi connectivity index (χ1v) is 6.44. The van der Waals surface area contributed by atoms with Crippen LogP contribution in [0.3, 0.4) is 0 Å². The Bertz CT molecular complexity index is 372. The lowest BCUT2D eigenvalue weighted by Gasteiger charge is -2.12. The van der Waals surface area contributed by atoms with E-state index in [1.807, 2.05) is 0 Å². The molecule has 2 unspecified atom stereocenters. The topological polar surface area (TPSA) is 176 Å². The normalized spacial score (nSPS) is 12.7. The van der Waals surface area contributed by atoms with Crippen molar-refractivity contribution in [3.63, 3.8) is 0 Å². The van der Waals surface area contributed by atoms with Gasteiger partial charge in [-0.1, -0.05) is 23.2 Å². The molecule has 0 spiro atoms. The van der Waals surface area contributed by atoms with Crippen LogP contribution in [0.1, 0.15) is 6.42 Å². The first kappa shape index (κ1) is 19.1. The maximum atomic E-state index is 11.3. The van der Waals surface area contributed by atoms with Crippen molar-refractivity contribution in [2.45, 2.75) is 17.4 Å². The van der Waals surface area contributed by atoms with Gasteiger partial charge in [0.15, 0.2) is 11.9 Å². The second-order valence-electron chi connectivity index (χ2n) is 3.53. The zero-order valence-corrected chi connectivity index (χ0v) is 12.3. The molecule has 8 N–H and O–H groups in total. The van der Waals surface area contributed by atoms with Gasteiger partial charge in [-0.2, -0.15) is 0 Å². The van der Waals surface area contributed by atoms with E-state index in [1.54, 1.807) is 0 Å². The van der Waals surface area contributed by atoms with Gasteiger partial charge in [-0.25, -0.2) is 9.59 Å². The fourth-order valence-corrected chi connectivity index (χ4v) is 1.30. The van der Waals surface area contributed by atoms with E-state index in [2.05, 4.69) is 10.6 Å². The van der Waals surface area contributed by atoms with Gasteiger partial charge in [-0.05, 0) is 0 Å². The van der Waals surface area contributed by atoms with Crippen molar-refractivity contribution in [3.05, 3.63) is 0 Å². The second-order valence-corrected chi connectivity index (χ2v) is 4.40. The first-order valence-electron chi connectivity index (χ1n) is 5.56. The third-order valence-electron chi connectivity index (χ3n) is 1.76. The van der Waals surface area contributed by atoms with Crippen LogP contribution in [0.2, 0.25) is 0 Å². The molecule has 0 aliphatic carbocycles. The maximum absolute atomic E-state index is 11.3. The Balaban J connectivity index is 3.77. The lowest BCUT2D eigenvalue weighted by atomic mass is 10.5. The molecule has 0 amide bonds. The van der Waals surface area contributed by atoms with E-state index in [-0.39, 0.29) is 19.6 Å². The number of nitrogens with one attached hydrogen (secondary N) is 4. The molecule has 0 aromatic heterocycles. The standard InChI is InChI=1S/C9H16Cl2N6O4/c10-4(16-8(12)13)6(18)20-2-1-3-21-7(19)5(11)17-9(14)15/h4-5H,1-3H2,(H4,12,13,16)(H4,14,15,17). The molecule has 2 atom stereocenters. The Labute approximate surface area is 130 Å². The number of hydrogen-bond acceptors (Lipinski definition) is 6. The molecule has 0 heterocycles. The number of hydrogen-bond donors (Lipinski definition) is 6. The minimum absolute atomic E-state index is 0.0536. The highest BCUT2D eigenvalue weighted by Crippen LogP contribution is 1.98. The summed E-state index contributed by atoms with van der Waals surface area (Å²) in [6, 6.07) is 0. The zero-order valence-electron chi connectivity index (χ0n) is 10.8. The molecular formula is C9H16Cl2N6O4.